The number of anilines is 3. The first-order valence-electron chi connectivity index (χ1n) is 15.6. The van der Waals surface area contributed by atoms with Crippen molar-refractivity contribution in [3.8, 4) is 28.8 Å². The average Bonchev–Trinajstić information content (AvgIpc) is 3.20. The number of benzene rings is 1. The van der Waals surface area contributed by atoms with Crippen molar-refractivity contribution in [1.29, 1.82) is 0 Å². The van der Waals surface area contributed by atoms with Crippen LogP contribution >= 0.6 is 0 Å². The van der Waals surface area contributed by atoms with E-state index >= 15 is 0 Å². The number of fused-ring (bicyclic) bond motifs is 2. The van der Waals surface area contributed by atoms with Crippen LogP contribution in [0.2, 0.25) is 0 Å². The topological polar surface area (TPSA) is 115 Å². The first-order chi connectivity index (χ1) is 20.8. The summed E-state index contributed by atoms with van der Waals surface area (Å²) < 4.78 is 0. The van der Waals surface area contributed by atoms with Gasteiger partial charge in [0.2, 0.25) is 0 Å². The smallest absolute Gasteiger partial charge is 0.169 e. The van der Waals surface area contributed by atoms with E-state index < -0.39 is 0 Å². The molecule has 228 valence electrons. The molecule has 2 bridgehead atoms. The molecule has 0 saturated carbocycles. The highest BCUT2D eigenvalue weighted by molar-refractivity contribution is 5.74. The number of nitrogen functional groups attached to an aromatic ring is 1. The molecule has 5 atom stereocenters. The molecule has 5 rings (SSSR count). The number of aliphatic hydroxyl groups is 1. The Bertz CT molecular complexity index is 1450. The van der Waals surface area contributed by atoms with Gasteiger partial charge >= 0.3 is 0 Å². The van der Waals surface area contributed by atoms with Crippen molar-refractivity contribution in [2.45, 2.75) is 65.1 Å². The summed E-state index contributed by atoms with van der Waals surface area (Å²) in [6, 6.07) is 13.9. The number of pyridine rings is 1. The average molecular weight is 584 g/mol. The lowest BCUT2D eigenvalue weighted by molar-refractivity contribution is 0.100. The number of likely N-dealkylation sites (N-methyl/N-ethyl adjacent to an activating group) is 1. The molecule has 2 aliphatic rings. The van der Waals surface area contributed by atoms with Crippen LogP contribution in [0, 0.1) is 23.7 Å². The van der Waals surface area contributed by atoms with Crippen LogP contribution in [0.1, 0.15) is 52.7 Å². The van der Waals surface area contributed by atoms with Gasteiger partial charge in [0.1, 0.15) is 11.4 Å². The zero-order valence-electron chi connectivity index (χ0n) is 25.8. The minimum atomic E-state index is -0.329. The molecule has 3 aromatic rings. The number of nitrogens with zero attached hydrogens (tertiary/aromatic N) is 6. The summed E-state index contributed by atoms with van der Waals surface area (Å²) in [5.41, 5.74) is 10.4. The van der Waals surface area contributed by atoms with E-state index in [9.17, 15) is 10.2 Å². The number of aromatic nitrogens is 3. The lowest BCUT2D eigenvalue weighted by Crippen LogP contribution is -2.55. The van der Waals surface area contributed by atoms with Crippen molar-refractivity contribution in [3.05, 3.63) is 54.4 Å². The maximum absolute atomic E-state index is 10.5. The number of nitrogens with two attached hydrogens (primary N) is 1. The van der Waals surface area contributed by atoms with Crippen LogP contribution in [-0.2, 0) is 0 Å². The number of para-hydroxylation sites is 1. The van der Waals surface area contributed by atoms with Crippen LogP contribution in [-0.4, -0.2) is 81.2 Å². The van der Waals surface area contributed by atoms with Gasteiger partial charge in [-0.15, -0.1) is 10.2 Å². The second-order valence-electron chi connectivity index (χ2n) is 12.2. The fourth-order valence-corrected chi connectivity index (χ4v) is 6.49. The molecule has 0 spiro atoms. The third-order valence-corrected chi connectivity index (χ3v) is 9.06. The summed E-state index contributed by atoms with van der Waals surface area (Å²) in [7, 11) is 0. The molecule has 2 aromatic heterocycles. The SMILES string of the molecule is CCC(C)C[C@@H](O)CN(CC)CC#Cc1cc(N2C3CC(C)C2CN(c2cc(-c4ccccc4O)nnc2N)C3)ccn1. The summed E-state index contributed by atoms with van der Waals surface area (Å²) in [4.78, 5) is 11.6. The van der Waals surface area contributed by atoms with Crippen LogP contribution in [0.3, 0.4) is 0 Å². The third kappa shape index (κ3) is 7.03. The van der Waals surface area contributed by atoms with E-state index in [-0.39, 0.29) is 11.9 Å². The Labute approximate surface area is 255 Å². The second-order valence-corrected chi connectivity index (χ2v) is 12.2. The predicted molar refractivity (Wildman–Crippen MR) is 173 cm³/mol. The largest absolute Gasteiger partial charge is 0.507 e. The van der Waals surface area contributed by atoms with E-state index in [1.807, 2.05) is 24.4 Å². The Hall–Kier alpha value is -3.87. The number of phenolic OH excluding ortho intramolecular Hbond substituents is 1. The van der Waals surface area contributed by atoms with Crippen LogP contribution in [0.25, 0.3) is 11.3 Å². The molecule has 0 radical (unpaired) electrons. The van der Waals surface area contributed by atoms with Crippen LogP contribution in [0.5, 0.6) is 5.75 Å². The summed E-state index contributed by atoms with van der Waals surface area (Å²) in [5, 5.41) is 29.4. The lowest BCUT2D eigenvalue weighted by Gasteiger charge is -2.44. The van der Waals surface area contributed by atoms with Gasteiger partial charge in [-0.1, -0.05) is 52.2 Å². The van der Waals surface area contributed by atoms with Gasteiger partial charge in [0.25, 0.3) is 0 Å². The normalized spacial score (nSPS) is 21.0. The maximum atomic E-state index is 10.5. The molecule has 9 heteroatoms. The molecular formula is C34H45N7O2. The first-order valence-corrected chi connectivity index (χ1v) is 15.6. The van der Waals surface area contributed by atoms with Crippen molar-refractivity contribution in [2.75, 3.05) is 48.3 Å². The zero-order valence-corrected chi connectivity index (χ0v) is 25.8. The van der Waals surface area contributed by atoms with Gasteiger partial charge in [-0.05, 0) is 67.5 Å². The molecule has 4 N–H and O–H groups in total. The Morgan fingerprint density at radius 1 is 1.14 bits per heavy atom. The van der Waals surface area contributed by atoms with Gasteiger partial charge in [0.05, 0.1) is 24.0 Å². The summed E-state index contributed by atoms with van der Waals surface area (Å²) >= 11 is 0. The number of phenols is 1. The standard InChI is InChI=1S/C34H45N7O2/c1-5-23(3)16-28(42)21-39(6-2)15-9-10-25-18-26(13-14-36-25)41-27-17-24(4)32(41)22-40(20-27)31-19-30(37-38-34(31)35)29-11-7-8-12-33(29)43/h7-8,11-14,18-19,23-24,27-28,32,42-43H,5-6,15-17,20-22H2,1-4H3,(H2,35,38)/t23?,24?,27?,28-,32?/m1/s1. The molecule has 1 aromatic carbocycles. The van der Waals surface area contributed by atoms with Crippen molar-refractivity contribution < 1.29 is 10.2 Å². The molecular weight excluding hydrogens is 538 g/mol. The Kier molecular flexibility index (Phi) is 9.69. The Morgan fingerprint density at radius 2 is 1.95 bits per heavy atom. The number of aromatic hydroxyl groups is 1. The summed E-state index contributed by atoms with van der Waals surface area (Å²) in [6.45, 7) is 12.5. The Morgan fingerprint density at radius 3 is 2.70 bits per heavy atom. The fraction of sp³-hybridized carbons (Fsp3) is 0.500. The highest BCUT2D eigenvalue weighted by Gasteiger charge is 2.45. The van der Waals surface area contributed by atoms with Gasteiger partial charge in [-0.2, -0.15) is 0 Å². The zero-order chi connectivity index (χ0) is 30.5. The number of hydrogen-bond donors (Lipinski definition) is 3. The van der Waals surface area contributed by atoms with Crippen LogP contribution in [0.4, 0.5) is 17.2 Å². The van der Waals surface area contributed by atoms with Gasteiger partial charge in [0.15, 0.2) is 5.82 Å². The summed E-state index contributed by atoms with van der Waals surface area (Å²) in [6.07, 6.45) is 4.51. The molecule has 0 aliphatic carbocycles. The molecule has 4 unspecified atom stereocenters. The number of piperazine rings is 1. The highest BCUT2D eigenvalue weighted by Crippen LogP contribution is 2.41. The molecule has 43 heavy (non-hydrogen) atoms. The fourth-order valence-electron chi connectivity index (χ4n) is 6.49. The number of rotatable bonds is 10. The quantitative estimate of drug-likeness (QED) is 0.299. The van der Waals surface area contributed by atoms with E-state index in [1.165, 1.54) is 0 Å². The third-order valence-electron chi connectivity index (χ3n) is 9.06. The Balaban J connectivity index is 1.29. The predicted octanol–water partition coefficient (Wildman–Crippen LogP) is 4.40. The van der Waals surface area contributed by atoms with Crippen molar-refractivity contribution >= 4 is 17.2 Å². The minimum absolute atomic E-state index is 0.171. The van der Waals surface area contributed by atoms with Crippen molar-refractivity contribution in [1.82, 2.24) is 20.1 Å². The second kappa shape index (κ2) is 13.6. The molecule has 2 fully saturated rings. The van der Waals surface area contributed by atoms with Gasteiger partial charge in [-0.3, -0.25) is 4.90 Å². The van der Waals surface area contributed by atoms with Gasteiger partial charge in [-0.25, -0.2) is 4.98 Å². The monoisotopic (exact) mass is 583 g/mol. The minimum Gasteiger partial charge on any atom is -0.507 e. The molecule has 0 amide bonds. The molecule has 2 saturated heterocycles. The van der Waals surface area contributed by atoms with E-state index in [2.05, 4.69) is 81.5 Å². The highest BCUT2D eigenvalue weighted by atomic mass is 16.3. The van der Waals surface area contributed by atoms with E-state index in [0.717, 1.165) is 56.0 Å². The molecule has 9 nitrogen and oxygen atoms in total. The van der Waals surface area contributed by atoms with Crippen molar-refractivity contribution in [3.63, 3.8) is 0 Å². The van der Waals surface area contributed by atoms with Crippen LogP contribution in [0.15, 0.2) is 48.7 Å². The van der Waals surface area contributed by atoms with E-state index in [0.29, 0.717) is 54.1 Å². The van der Waals surface area contributed by atoms with Gasteiger partial charge < -0.3 is 25.7 Å². The lowest BCUT2D eigenvalue weighted by atomic mass is 10.0. The van der Waals surface area contributed by atoms with Crippen molar-refractivity contribution in [2.24, 2.45) is 11.8 Å². The first kappa shape index (κ1) is 30.6. The number of hydrogen-bond acceptors (Lipinski definition) is 9. The number of aliphatic hydroxyl groups excluding tert-OH is 1. The van der Waals surface area contributed by atoms with E-state index in [1.54, 1.807) is 12.1 Å². The molecule has 4 heterocycles. The maximum Gasteiger partial charge on any atom is 0.169 e. The van der Waals surface area contributed by atoms with Crippen LogP contribution < -0.4 is 15.5 Å². The van der Waals surface area contributed by atoms with E-state index in [4.69, 9.17) is 5.73 Å². The summed E-state index contributed by atoms with van der Waals surface area (Å²) in [5.74, 6) is 8.16. The molecule has 2 aliphatic heterocycles. The van der Waals surface area contributed by atoms with Gasteiger partial charge in [0, 0.05) is 49.2 Å².